The van der Waals surface area contributed by atoms with Crippen molar-refractivity contribution in [3.8, 4) is 6.07 Å². The smallest absolute Gasteiger partial charge is 0.305 e. The van der Waals surface area contributed by atoms with E-state index in [1.807, 2.05) is 0 Å². The van der Waals surface area contributed by atoms with Gasteiger partial charge in [0.05, 0.1) is 19.3 Å². The van der Waals surface area contributed by atoms with Gasteiger partial charge in [-0.1, -0.05) is 51.5 Å². The van der Waals surface area contributed by atoms with Gasteiger partial charge in [-0.25, -0.2) is 0 Å². The van der Waals surface area contributed by atoms with Crippen molar-refractivity contribution in [3.05, 3.63) is 22.4 Å². The molecule has 0 aliphatic heterocycles. The fourth-order valence-corrected chi connectivity index (χ4v) is 6.03. The van der Waals surface area contributed by atoms with E-state index < -0.39 is 0 Å². The maximum absolute atomic E-state index is 10.7. The van der Waals surface area contributed by atoms with Gasteiger partial charge in [0.1, 0.15) is 0 Å². The first-order chi connectivity index (χ1) is 15.1. The minimum atomic E-state index is -0.182. The molecule has 2 aliphatic rings. The number of ether oxygens (including phenoxy) is 1. The molecule has 5 heteroatoms. The van der Waals surface area contributed by atoms with E-state index in [4.69, 9.17) is 5.26 Å². The molecule has 3 rings (SSSR count). The molecule has 174 valence electrons. The Morgan fingerprint density at radius 2 is 2.13 bits per heavy atom. The second-order valence-electron chi connectivity index (χ2n) is 9.33. The maximum Gasteiger partial charge on any atom is 0.305 e. The van der Waals surface area contributed by atoms with Crippen LogP contribution >= 0.6 is 11.3 Å². The van der Waals surface area contributed by atoms with Crippen LogP contribution in [-0.2, 0) is 14.9 Å². The molecule has 2 fully saturated rings. The van der Waals surface area contributed by atoms with Crippen LogP contribution in [0.15, 0.2) is 17.5 Å². The lowest BCUT2D eigenvalue weighted by Gasteiger charge is -2.45. The first-order valence-electron chi connectivity index (χ1n) is 12.2. The van der Waals surface area contributed by atoms with Crippen LogP contribution in [0.4, 0.5) is 0 Å². The second-order valence-corrected chi connectivity index (χ2v) is 10.3. The third-order valence-corrected chi connectivity index (χ3v) is 8.26. The van der Waals surface area contributed by atoms with Crippen molar-refractivity contribution >= 4 is 17.3 Å². The maximum atomic E-state index is 10.7. The topological polar surface area (TPSA) is 70.3 Å². The molecule has 0 saturated heterocycles. The zero-order chi connectivity index (χ0) is 22.5. The molecule has 1 aromatic heterocycles. The van der Waals surface area contributed by atoms with Gasteiger partial charge in [-0.2, -0.15) is 5.26 Å². The molecule has 31 heavy (non-hydrogen) atoms. The Morgan fingerprint density at radius 1 is 1.32 bits per heavy atom. The monoisotopic (exact) mass is 447 g/mol. The van der Waals surface area contributed by atoms with Gasteiger partial charge in [0.2, 0.25) is 0 Å². The van der Waals surface area contributed by atoms with Crippen LogP contribution < -0.4 is 0 Å². The minimum absolute atomic E-state index is 0.0685. The standard InChI is InChI=1S/C18H25NOS.C8H16O2/c19-13-15-8-7-14(12-15)4-1-5-16(20)18(9-3-10-18)17-6-2-11-21-17;1-3-4-5-6-7-8(9)10-2/h2,6,11,14-16,20H,1,3-5,7-10,12H2;3-7H2,1-2H3/t14?,15-,16?;/m1./s1. The zero-order valence-corrected chi connectivity index (χ0v) is 20.3. The zero-order valence-electron chi connectivity index (χ0n) is 19.5. The molecule has 2 saturated carbocycles. The summed E-state index contributed by atoms with van der Waals surface area (Å²) in [6.45, 7) is 2.15. The van der Waals surface area contributed by atoms with E-state index in [-0.39, 0.29) is 17.5 Å². The number of thiophene rings is 1. The Morgan fingerprint density at radius 3 is 2.68 bits per heavy atom. The SMILES string of the molecule is CCCCCCC(=O)OC.N#C[C@@H]1CCC(CCCC(O)C2(c3cccs3)CCC2)C1. The van der Waals surface area contributed by atoms with E-state index in [1.165, 1.54) is 44.1 Å². The van der Waals surface area contributed by atoms with Gasteiger partial charge in [-0.05, 0) is 62.3 Å². The quantitative estimate of drug-likeness (QED) is 0.300. The van der Waals surface area contributed by atoms with E-state index in [2.05, 4.69) is 35.2 Å². The Balaban J connectivity index is 0.000000291. The largest absolute Gasteiger partial charge is 0.469 e. The number of esters is 1. The highest BCUT2D eigenvalue weighted by molar-refractivity contribution is 7.10. The molecule has 1 N–H and O–H groups in total. The fraction of sp³-hybridized carbons (Fsp3) is 0.769. The summed E-state index contributed by atoms with van der Waals surface area (Å²) in [5.74, 6) is 0.932. The molecule has 0 bridgehead atoms. The fourth-order valence-electron chi connectivity index (χ4n) is 4.99. The molecule has 1 heterocycles. The summed E-state index contributed by atoms with van der Waals surface area (Å²) in [4.78, 5) is 11.9. The lowest BCUT2D eigenvalue weighted by Crippen LogP contribution is -2.44. The molecule has 2 aliphatic carbocycles. The first kappa shape index (κ1) is 25.9. The van der Waals surface area contributed by atoms with E-state index in [0.29, 0.717) is 12.3 Å². The number of carbonyl (C=O) groups excluding carboxylic acids is 1. The lowest BCUT2D eigenvalue weighted by molar-refractivity contribution is -0.140. The Labute approximate surface area is 193 Å². The van der Waals surface area contributed by atoms with E-state index in [0.717, 1.165) is 57.3 Å². The van der Waals surface area contributed by atoms with Crippen molar-refractivity contribution in [2.75, 3.05) is 7.11 Å². The Hall–Kier alpha value is -1.38. The molecule has 2 unspecified atom stereocenters. The number of rotatable bonds is 11. The van der Waals surface area contributed by atoms with E-state index in [9.17, 15) is 9.90 Å². The van der Waals surface area contributed by atoms with E-state index in [1.54, 1.807) is 11.3 Å². The normalized spacial score (nSPS) is 22.5. The van der Waals surface area contributed by atoms with Gasteiger partial charge in [0, 0.05) is 22.6 Å². The molecule has 0 amide bonds. The molecule has 0 radical (unpaired) electrons. The predicted octanol–water partition coefficient (Wildman–Crippen LogP) is 6.77. The van der Waals surface area contributed by atoms with Crippen molar-refractivity contribution in [2.45, 2.75) is 108 Å². The summed E-state index contributed by atoms with van der Waals surface area (Å²) >= 11 is 1.80. The van der Waals surface area contributed by atoms with Crippen molar-refractivity contribution in [2.24, 2.45) is 11.8 Å². The summed E-state index contributed by atoms with van der Waals surface area (Å²) < 4.78 is 4.49. The van der Waals surface area contributed by atoms with Gasteiger partial charge >= 0.3 is 5.97 Å². The van der Waals surface area contributed by atoms with Gasteiger partial charge in [0.25, 0.3) is 0 Å². The third-order valence-electron chi connectivity index (χ3n) is 7.17. The molecule has 3 atom stereocenters. The van der Waals surface area contributed by atoms with Gasteiger partial charge in [-0.3, -0.25) is 4.79 Å². The lowest BCUT2D eigenvalue weighted by atomic mass is 9.63. The van der Waals surface area contributed by atoms with Crippen LogP contribution in [-0.4, -0.2) is 24.3 Å². The third kappa shape index (κ3) is 7.91. The van der Waals surface area contributed by atoms with Crippen molar-refractivity contribution in [1.82, 2.24) is 0 Å². The van der Waals surface area contributed by atoms with Crippen LogP contribution in [0.5, 0.6) is 0 Å². The number of hydrogen-bond acceptors (Lipinski definition) is 5. The number of unbranched alkanes of at least 4 members (excludes halogenated alkanes) is 3. The van der Waals surface area contributed by atoms with Crippen LogP contribution in [0.2, 0.25) is 0 Å². The predicted molar refractivity (Wildman–Crippen MR) is 127 cm³/mol. The Bertz CT molecular complexity index is 663. The Kier molecular flexibility index (Phi) is 11.6. The van der Waals surface area contributed by atoms with Crippen molar-refractivity contribution in [1.29, 1.82) is 5.26 Å². The average molecular weight is 448 g/mol. The number of hydrogen-bond donors (Lipinski definition) is 1. The van der Waals surface area contributed by atoms with Crippen LogP contribution in [0.3, 0.4) is 0 Å². The van der Waals surface area contributed by atoms with Crippen LogP contribution in [0.25, 0.3) is 0 Å². The molecular weight excluding hydrogens is 406 g/mol. The van der Waals surface area contributed by atoms with Crippen LogP contribution in [0.1, 0.15) is 102 Å². The summed E-state index contributed by atoms with van der Waals surface area (Å²) in [7, 11) is 1.43. The minimum Gasteiger partial charge on any atom is -0.469 e. The van der Waals surface area contributed by atoms with Crippen LogP contribution in [0, 0.1) is 23.2 Å². The number of carbonyl (C=O) groups is 1. The van der Waals surface area contributed by atoms with Gasteiger partial charge in [-0.15, -0.1) is 11.3 Å². The molecular formula is C26H41NO3S. The van der Waals surface area contributed by atoms with Crippen molar-refractivity contribution in [3.63, 3.8) is 0 Å². The highest BCUT2D eigenvalue weighted by Gasteiger charge is 2.45. The molecule has 0 aromatic carbocycles. The highest BCUT2D eigenvalue weighted by Crippen LogP contribution is 2.49. The highest BCUT2D eigenvalue weighted by atomic mass is 32.1. The van der Waals surface area contributed by atoms with Crippen molar-refractivity contribution < 1.29 is 14.6 Å². The second kappa shape index (κ2) is 13.9. The number of nitriles is 1. The number of aliphatic hydroxyl groups excluding tert-OH is 1. The molecule has 1 aromatic rings. The first-order valence-corrected chi connectivity index (χ1v) is 13.1. The average Bonchev–Trinajstić information content (AvgIpc) is 3.43. The summed E-state index contributed by atoms with van der Waals surface area (Å²) in [5.41, 5.74) is 0.0685. The summed E-state index contributed by atoms with van der Waals surface area (Å²) in [5, 5.41) is 21.8. The number of aliphatic hydroxyl groups is 1. The van der Waals surface area contributed by atoms with E-state index >= 15 is 0 Å². The molecule has 4 nitrogen and oxygen atoms in total. The summed E-state index contributed by atoms with van der Waals surface area (Å²) in [6.07, 6.45) is 15.1. The van der Waals surface area contributed by atoms with Gasteiger partial charge < -0.3 is 9.84 Å². The number of nitrogens with zero attached hydrogens (tertiary/aromatic N) is 1. The molecule has 0 spiro atoms. The number of methoxy groups -OCH3 is 1. The van der Waals surface area contributed by atoms with Gasteiger partial charge in [0.15, 0.2) is 0 Å². The summed E-state index contributed by atoms with van der Waals surface area (Å²) in [6, 6.07) is 6.71.